The van der Waals surface area contributed by atoms with Gasteiger partial charge in [-0.25, -0.2) is 0 Å². The highest BCUT2D eigenvalue weighted by atomic mass is 15.3. The molecule has 0 saturated carbocycles. The van der Waals surface area contributed by atoms with Crippen LogP contribution in [-0.4, -0.2) is 73.7 Å². The van der Waals surface area contributed by atoms with Gasteiger partial charge in [0.1, 0.15) is 0 Å². The number of likely N-dealkylation sites (N-methyl/N-ethyl adjacent to an activating group) is 2. The van der Waals surface area contributed by atoms with Crippen LogP contribution >= 0.6 is 0 Å². The van der Waals surface area contributed by atoms with Gasteiger partial charge in [-0.15, -0.1) is 0 Å². The molecule has 2 fully saturated rings. The Morgan fingerprint density at radius 2 is 1.88 bits per heavy atom. The Hall–Kier alpha value is -1.95. The van der Waals surface area contributed by atoms with E-state index in [9.17, 15) is 0 Å². The van der Waals surface area contributed by atoms with E-state index in [0.717, 1.165) is 19.1 Å². The van der Waals surface area contributed by atoms with Crippen LogP contribution in [-0.2, 0) is 25.8 Å². The lowest BCUT2D eigenvalue weighted by molar-refractivity contribution is 0.211. The minimum Gasteiger partial charge on any atom is -0.368 e. The summed E-state index contributed by atoms with van der Waals surface area (Å²) in [5, 5.41) is 3.37. The molecule has 178 valence electrons. The van der Waals surface area contributed by atoms with Crippen molar-refractivity contribution in [2.45, 2.75) is 63.6 Å². The first-order valence-corrected chi connectivity index (χ1v) is 13.1. The van der Waals surface area contributed by atoms with Gasteiger partial charge in [-0.2, -0.15) is 0 Å². The molecule has 3 aliphatic heterocycles. The van der Waals surface area contributed by atoms with Gasteiger partial charge in [0.15, 0.2) is 0 Å². The number of anilines is 1. The summed E-state index contributed by atoms with van der Waals surface area (Å²) in [5.74, 6) is 0. The van der Waals surface area contributed by atoms with Gasteiger partial charge in [0.05, 0.1) is 0 Å². The Kier molecular flexibility index (Phi) is 7.29. The van der Waals surface area contributed by atoms with Gasteiger partial charge in [-0.1, -0.05) is 18.2 Å². The molecule has 0 radical (unpaired) electrons. The van der Waals surface area contributed by atoms with Gasteiger partial charge in [-0.3, -0.25) is 14.8 Å². The highest BCUT2D eigenvalue weighted by Gasteiger charge is 2.33. The van der Waals surface area contributed by atoms with Crippen LogP contribution in [0.3, 0.4) is 0 Å². The number of piperazine rings is 1. The Balaban J connectivity index is 0.000000190. The second-order valence-corrected chi connectivity index (χ2v) is 10.3. The van der Waals surface area contributed by atoms with Crippen LogP contribution in [0.2, 0.25) is 0 Å². The summed E-state index contributed by atoms with van der Waals surface area (Å²) in [5.41, 5.74) is 7.45. The highest BCUT2D eigenvalue weighted by molar-refractivity contribution is 5.58. The van der Waals surface area contributed by atoms with Gasteiger partial charge in [0.2, 0.25) is 0 Å². The molecule has 1 aromatic carbocycles. The summed E-state index contributed by atoms with van der Waals surface area (Å²) < 4.78 is 0. The van der Waals surface area contributed by atoms with Gasteiger partial charge >= 0.3 is 0 Å². The number of hydrogen-bond donors (Lipinski definition) is 1. The van der Waals surface area contributed by atoms with Crippen LogP contribution < -0.4 is 10.2 Å². The lowest BCUT2D eigenvalue weighted by Gasteiger charge is -2.42. The molecular formula is C28H41N5. The molecule has 6 rings (SSSR count). The van der Waals surface area contributed by atoms with Crippen LogP contribution in [0, 0.1) is 0 Å². The third-order valence-corrected chi connectivity index (χ3v) is 8.19. The second-order valence-electron chi connectivity index (χ2n) is 10.3. The quantitative estimate of drug-likeness (QED) is 0.779. The average molecular weight is 448 g/mol. The first-order chi connectivity index (χ1) is 16.2. The lowest BCUT2D eigenvalue weighted by Crippen LogP contribution is -2.51. The molecule has 2 aromatic rings. The van der Waals surface area contributed by atoms with Crippen molar-refractivity contribution in [3.8, 4) is 0 Å². The summed E-state index contributed by atoms with van der Waals surface area (Å²) in [7, 11) is 4.32. The minimum absolute atomic E-state index is 0.612. The molecule has 1 aromatic heterocycles. The first kappa shape index (κ1) is 22.8. The van der Waals surface area contributed by atoms with Gasteiger partial charge in [0.25, 0.3) is 0 Å². The molecular weight excluding hydrogens is 406 g/mol. The maximum absolute atomic E-state index is 4.32. The fourth-order valence-electron chi connectivity index (χ4n) is 6.30. The standard InChI is InChI=1S/C19H30N4.C9H11N/c1-20-12-17-11-18-15(13-21(17)2)5-3-7-19(18)23-10-9-22-8-4-6-16(22)14-23;1-2-6-9-8(4-1)5-3-7-10-9/h3,5,7,16-17,20H,4,6,8-14H2,1-2H3;3,5,7H,1-2,4,6H2. The summed E-state index contributed by atoms with van der Waals surface area (Å²) >= 11 is 0. The SMILES string of the molecule is CNCC1Cc2c(cccc2N2CCN3CCCC3C2)CN1C.c1cnc2c(c1)CCCC2. The van der Waals surface area contributed by atoms with E-state index in [0.29, 0.717) is 6.04 Å². The predicted octanol–water partition coefficient (Wildman–Crippen LogP) is 3.51. The fraction of sp³-hybridized carbons (Fsp3) is 0.607. The van der Waals surface area contributed by atoms with E-state index in [-0.39, 0.29) is 0 Å². The van der Waals surface area contributed by atoms with Crippen molar-refractivity contribution in [3.63, 3.8) is 0 Å². The van der Waals surface area contributed by atoms with Crippen LogP contribution in [0.25, 0.3) is 0 Å². The zero-order valence-electron chi connectivity index (χ0n) is 20.6. The molecule has 1 N–H and O–H groups in total. The zero-order chi connectivity index (χ0) is 22.6. The third-order valence-electron chi connectivity index (χ3n) is 8.19. The zero-order valence-corrected chi connectivity index (χ0v) is 20.6. The largest absolute Gasteiger partial charge is 0.368 e. The number of fused-ring (bicyclic) bond motifs is 3. The molecule has 5 heteroatoms. The van der Waals surface area contributed by atoms with Gasteiger partial charge in [0, 0.05) is 62.4 Å². The van der Waals surface area contributed by atoms with E-state index in [4.69, 9.17) is 0 Å². The summed E-state index contributed by atoms with van der Waals surface area (Å²) in [6.45, 7) is 7.14. The summed E-state index contributed by atoms with van der Waals surface area (Å²) in [4.78, 5) is 12.2. The van der Waals surface area contributed by atoms with Crippen LogP contribution in [0.4, 0.5) is 5.69 Å². The first-order valence-electron chi connectivity index (χ1n) is 13.1. The van der Waals surface area contributed by atoms with Gasteiger partial charge < -0.3 is 10.2 Å². The predicted molar refractivity (Wildman–Crippen MR) is 137 cm³/mol. The number of rotatable bonds is 3. The van der Waals surface area contributed by atoms with Crippen molar-refractivity contribution in [1.29, 1.82) is 0 Å². The smallest absolute Gasteiger partial charge is 0.0435 e. The third kappa shape index (κ3) is 5.11. The minimum atomic E-state index is 0.612. The number of aryl methyl sites for hydroxylation is 2. The average Bonchev–Trinajstić information content (AvgIpc) is 3.33. The number of aromatic nitrogens is 1. The highest BCUT2D eigenvalue weighted by Crippen LogP contribution is 2.33. The van der Waals surface area contributed by atoms with E-state index in [1.807, 2.05) is 12.3 Å². The fourth-order valence-corrected chi connectivity index (χ4v) is 6.30. The van der Waals surface area contributed by atoms with Crippen molar-refractivity contribution in [3.05, 3.63) is 58.9 Å². The Morgan fingerprint density at radius 1 is 1.00 bits per heavy atom. The van der Waals surface area contributed by atoms with Gasteiger partial charge in [-0.05, 0) is 94.4 Å². The van der Waals surface area contributed by atoms with E-state index >= 15 is 0 Å². The maximum atomic E-state index is 4.32. The van der Waals surface area contributed by atoms with E-state index in [1.165, 1.54) is 93.6 Å². The number of nitrogens with one attached hydrogen (secondary N) is 1. The number of nitrogens with zero attached hydrogens (tertiary/aromatic N) is 4. The Bertz CT molecular complexity index is 903. The van der Waals surface area contributed by atoms with Crippen LogP contribution in [0.1, 0.15) is 48.1 Å². The summed E-state index contributed by atoms with van der Waals surface area (Å²) in [6, 6.07) is 12.6. The second kappa shape index (κ2) is 10.5. The number of benzene rings is 1. The molecule has 0 bridgehead atoms. The van der Waals surface area contributed by atoms with Crippen molar-refractivity contribution in [1.82, 2.24) is 20.1 Å². The molecule has 5 nitrogen and oxygen atoms in total. The molecule has 2 atom stereocenters. The molecule has 4 aliphatic rings. The molecule has 4 heterocycles. The normalized spacial score (nSPS) is 25.0. The molecule has 33 heavy (non-hydrogen) atoms. The topological polar surface area (TPSA) is 34.6 Å². The van der Waals surface area contributed by atoms with Crippen molar-refractivity contribution in [2.24, 2.45) is 0 Å². The number of pyridine rings is 1. The monoisotopic (exact) mass is 447 g/mol. The molecule has 0 spiro atoms. The van der Waals surface area contributed by atoms with Crippen LogP contribution in [0.5, 0.6) is 0 Å². The van der Waals surface area contributed by atoms with E-state index in [2.05, 4.69) is 63.4 Å². The molecule has 2 unspecified atom stereocenters. The molecule has 1 aliphatic carbocycles. The lowest BCUT2D eigenvalue weighted by atomic mass is 9.92. The van der Waals surface area contributed by atoms with E-state index < -0.39 is 0 Å². The maximum Gasteiger partial charge on any atom is 0.0435 e. The summed E-state index contributed by atoms with van der Waals surface area (Å²) in [6.07, 6.45) is 10.9. The number of hydrogen-bond acceptors (Lipinski definition) is 5. The van der Waals surface area contributed by atoms with E-state index in [1.54, 1.807) is 5.56 Å². The van der Waals surface area contributed by atoms with Crippen molar-refractivity contribution in [2.75, 3.05) is 51.7 Å². The Labute approximate surface area is 200 Å². The molecule has 2 saturated heterocycles. The Morgan fingerprint density at radius 3 is 2.76 bits per heavy atom. The van der Waals surface area contributed by atoms with Crippen LogP contribution in [0.15, 0.2) is 36.5 Å². The molecule has 0 amide bonds. The van der Waals surface area contributed by atoms with Crippen molar-refractivity contribution >= 4 is 5.69 Å². The van der Waals surface area contributed by atoms with Crippen molar-refractivity contribution < 1.29 is 0 Å².